The van der Waals surface area contributed by atoms with E-state index in [1.54, 1.807) is 0 Å². The predicted molar refractivity (Wildman–Crippen MR) is 53.2 cm³/mol. The van der Waals surface area contributed by atoms with Gasteiger partial charge in [-0.25, -0.2) is 0 Å². The quantitative estimate of drug-likeness (QED) is 0.440. The summed E-state index contributed by atoms with van der Waals surface area (Å²) in [5, 5.41) is 0. The summed E-state index contributed by atoms with van der Waals surface area (Å²) in [6.45, 7) is 10.6. The first kappa shape index (κ1) is 20.0. The largest absolute Gasteiger partial charge is 2.00 e. The number of hydrogen-bond donors (Lipinski definition) is 0. The number of ether oxygens (including phenoxy) is 2. The molecule has 0 atom stereocenters. The minimum Gasteiger partial charge on any atom is -0.469 e. The first-order valence-electron chi connectivity index (χ1n) is 4.39. The minimum atomic E-state index is -0.233. The first-order valence-corrected chi connectivity index (χ1v) is 4.39. The molecule has 5 heteroatoms. The topological polar surface area (TPSA) is 52.6 Å². The van der Waals surface area contributed by atoms with E-state index in [1.165, 1.54) is 13.8 Å². The van der Waals surface area contributed by atoms with Crippen molar-refractivity contribution in [3.05, 3.63) is 13.8 Å². The van der Waals surface area contributed by atoms with Crippen molar-refractivity contribution in [1.82, 2.24) is 0 Å². The third kappa shape index (κ3) is 31.7. The van der Waals surface area contributed by atoms with E-state index in [0.29, 0.717) is 26.1 Å². The summed E-state index contributed by atoms with van der Waals surface area (Å²) in [4.78, 5) is 19.9. The van der Waals surface area contributed by atoms with Crippen molar-refractivity contribution < 1.29 is 38.5 Å². The summed E-state index contributed by atoms with van der Waals surface area (Å²) < 4.78 is 8.98. The van der Waals surface area contributed by atoms with Crippen LogP contribution in [0.5, 0.6) is 0 Å². The van der Waals surface area contributed by atoms with Gasteiger partial charge >= 0.3 is 31.4 Å². The van der Waals surface area contributed by atoms with Crippen molar-refractivity contribution in [1.29, 1.82) is 0 Å². The monoisotopic (exact) mass is 266 g/mol. The summed E-state index contributed by atoms with van der Waals surface area (Å²) in [5.41, 5.74) is 0. The summed E-state index contributed by atoms with van der Waals surface area (Å²) >= 11 is 0. The van der Waals surface area contributed by atoms with Crippen LogP contribution in [-0.4, -0.2) is 25.2 Å². The van der Waals surface area contributed by atoms with E-state index in [1.807, 2.05) is 0 Å². The van der Waals surface area contributed by atoms with Gasteiger partial charge in [-0.2, -0.15) is 0 Å². The smallest absolute Gasteiger partial charge is 0.469 e. The molecule has 0 unspecified atom stereocenters. The molecule has 0 rings (SSSR count). The third-order valence-electron chi connectivity index (χ3n) is 0.899. The van der Waals surface area contributed by atoms with Gasteiger partial charge in [0.05, 0.1) is 13.2 Å². The zero-order valence-corrected chi connectivity index (χ0v) is 12.5. The second-order valence-electron chi connectivity index (χ2n) is 2.39. The molecule has 0 aliphatic rings. The average Bonchev–Trinajstić information content (AvgIpc) is 2.12. The molecule has 4 nitrogen and oxygen atoms in total. The SMILES string of the molecule is [CH2-]CCOC(C)=O.[CH2-]CCOC(C)=O.[Zn+2]. The first-order chi connectivity index (χ1) is 6.54. The van der Waals surface area contributed by atoms with E-state index in [9.17, 15) is 9.59 Å². The van der Waals surface area contributed by atoms with Gasteiger partial charge in [0.25, 0.3) is 0 Å². The normalized spacial score (nSPS) is 7.73. The van der Waals surface area contributed by atoms with E-state index in [0.717, 1.165) is 0 Å². The van der Waals surface area contributed by atoms with Crippen LogP contribution in [0.1, 0.15) is 26.7 Å². The van der Waals surface area contributed by atoms with E-state index in [-0.39, 0.29) is 31.4 Å². The van der Waals surface area contributed by atoms with Crippen LogP contribution in [-0.2, 0) is 38.5 Å². The number of hydrogen-bond acceptors (Lipinski definition) is 4. The zero-order chi connectivity index (χ0) is 11.4. The molecule has 0 aromatic rings. The molecule has 15 heavy (non-hydrogen) atoms. The van der Waals surface area contributed by atoms with Gasteiger partial charge in [0, 0.05) is 13.8 Å². The fourth-order valence-electron chi connectivity index (χ4n) is 0.432. The molecule has 0 aliphatic heterocycles. The third-order valence-corrected chi connectivity index (χ3v) is 0.899. The molecule has 0 bridgehead atoms. The van der Waals surface area contributed by atoms with E-state index < -0.39 is 0 Å². The molecular weight excluding hydrogens is 249 g/mol. The maximum Gasteiger partial charge on any atom is 2.00 e. The Labute approximate surface area is 104 Å². The maximum absolute atomic E-state index is 9.95. The maximum atomic E-state index is 9.95. The standard InChI is InChI=1S/2C5H9O2.Zn/c2*1-3-4-7-5(2)6;/h2*1,3-4H2,2H3;/q2*-1;+2. The van der Waals surface area contributed by atoms with Crippen molar-refractivity contribution in [3.8, 4) is 0 Å². The van der Waals surface area contributed by atoms with Gasteiger partial charge < -0.3 is 23.3 Å². The molecule has 0 aliphatic carbocycles. The Morgan fingerprint density at radius 1 is 0.933 bits per heavy atom. The fraction of sp³-hybridized carbons (Fsp3) is 0.600. The average molecular weight is 268 g/mol. The van der Waals surface area contributed by atoms with Gasteiger partial charge in [-0.05, 0) is 0 Å². The van der Waals surface area contributed by atoms with Crippen molar-refractivity contribution in [2.75, 3.05) is 13.2 Å². The van der Waals surface area contributed by atoms with E-state index in [2.05, 4.69) is 23.3 Å². The Morgan fingerprint density at radius 2 is 1.20 bits per heavy atom. The number of rotatable bonds is 4. The molecule has 0 radical (unpaired) electrons. The van der Waals surface area contributed by atoms with Crippen LogP contribution in [0.15, 0.2) is 0 Å². The van der Waals surface area contributed by atoms with Crippen LogP contribution in [0.25, 0.3) is 0 Å². The van der Waals surface area contributed by atoms with E-state index in [4.69, 9.17) is 0 Å². The summed E-state index contributed by atoms with van der Waals surface area (Å²) in [5.74, 6) is -0.465. The molecular formula is C10H18O4Zn. The Kier molecular flexibility index (Phi) is 21.4. The minimum absolute atomic E-state index is 0. The van der Waals surface area contributed by atoms with Crippen LogP contribution in [0.2, 0.25) is 0 Å². The Hall–Kier alpha value is -0.437. The molecule has 0 aromatic heterocycles. The number of carbonyl (C=O) groups is 2. The summed E-state index contributed by atoms with van der Waals surface area (Å²) in [6, 6.07) is 0. The Balaban J connectivity index is -0.000000180. The second-order valence-corrected chi connectivity index (χ2v) is 2.39. The van der Waals surface area contributed by atoms with Crippen LogP contribution >= 0.6 is 0 Å². The van der Waals surface area contributed by atoms with Crippen LogP contribution in [0, 0.1) is 13.8 Å². The molecule has 0 N–H and O–H groups in total. The Morgan fingerprint density at radius 3 is 1.27 bits per heavy atom. The van der Waals surface area contributed by atoms with Gasteiger partial charge in [-0.15, -0.1) is 12.8 Å². The van der Waals surface area contributed by atoms with Crippen molar-refractivity contribution in [2.45, 2.75) is 26.7 Å². The molecule has 84 valence electrons. The fourth-order valence-corrected chi connectivity index (χ4v) is 0.432. The van der Waals surface area contributed by atoms with E-state index >= 15 is 0 Å². The molecule has 0 heterocycles. The van der Waals surface area contributed by atoms with Gasteiger partial charge in [0.1, 0.15) is 0 Å². The molecule has 0 saturated heterocycles. The summed E-state index contributed by atoms with van der Waals surface area (Å²) in [7, 11) is 0. The van der Waals surface area contributed by atoms with Gasteiger partial charge in [-0.1, -0.05) is 0 Å². The van der Waals surface area contributed by atoms with Crippen LogP contribution in [0.3, 0.4) is 0 Å². The molecule has 0 fully saturated rings. The van der Waals surface area contributed by atoms with Crippen molar-refractivity contribution >= 4 is 11.9 Å². The molecule has 0 spiro atoms. The van der Waals surface area contributed by atoms with Gasteiger partial charge in [-0.3, -0.25) is 9.59 Å². The Bertz CT molecular complexity index is 142. The number of carbonyl (C=O) groups excluding carboxylic acids is 2. The molecule has 0 saturated carbocycles. The molecule has 0 amide bonds. The second kappa shape index (κ2) is 16.0. The van der Waals surface area contributed by atoms with Crippen molar-refractivity contribution in [3.63, 3.8) is 0 Å². The van der Waals surface area contributed by atoms with Crippen LogP contribution < -0.4 is 0 Å². The van der Waals surface area contributed by atoms with Crippen LogP contribution in [0.4, 0.5) is 0 Å². The number of esters is 2. The van der Waals surface area contributed by atoms with Gasteiger partial charge in [0.15, 0.2) is 0 Å². The summed E-state index contributed by atoms with van der Waals surface area (Å²) in [6.07, 6.45) is 1.30. The molecule has 0 aromatic carbocycles. The van der Waals surface area contributed by atoms with Gasteiger partial charge in [0.2, 0.25) is 0 Å². The zero-order valence-electron chi connectivity index (χ0n) is 9.58. The van der Waals surface area contributed by atoms with Crippen molar-refractivity contribution in [2.24, 2.45) is 0 Å². The predicted octanol–water partition coefficient (Wildman–Crippen LogP) is 1.54.